The Morgan fingerprint density at radius 1 is 0.636 bits per heavy atom. The molecule has 0 aromatic heterocycles. The Morgan fingerprint density at radius 2 is 1.15 bits per heavy atom. The van der Waals surface area contributed by atoms with Crippen LogP contribution in [0.1, 0.15) is 5.56 Å². The minimum absolute atomic E-state index is 0.219. The van der Waals surface area contributed by atoms with Gasteiger partial charge in [0, 0.05) is 6.42 Å². The molecule has 0 aliphatic heterocycles. The lowest BCUT2D eigenvalue weighted by molar-refractivity contribution is 0.109. The summed E-state index contributed by atoms with van der Waals surface area (Å²) in [7, 11) is 7.82. The molecule has 0 fully saturated rings. The van der Waals surface area contributed by atoms with Crippen LogP contribution < -0.4 is 28.4 Å². The molecule has 0 amide bonds. The Balaban J connectivity index is 1.93. The second-order valence-electron chi connectivity index (χ2n) is 7.24. The quantitative estimate of drug-likeness (QED) is 0.461. The lowest BCUT2D eigenvalue weighted by atomic mass is 10.0. The first kappa shape index (κ1) is 24.1. The third-order valence-electron chi connectivity index (χ3n) is 5.24. The molecule has 0 saturated carbocycles. The predicted molar refractivity (Wildman–Crippen MR) is 126 cm³/mol. The van der Waals surface area contributed by atoms with Crippen molar-refractivity contribution in [3.05, 3.63) is 60.2 Å². The van der Waals surface area contributed by atoms with Crippen molar-refractivity contribution < 1.29 is 33.5 Å². The van der Waals surface area contributed by atoms with E-state index in [1.54, 1.807) is 35.5 Å². The summed E-state index contributed by atoms with van der Waals surface area (Å²) >= 11 is 0. The average Bonchev–Trinajstić information content (AvgIpc) is 2.87. The number of methoxy groups -OCH3 is 5. The molecule has 0 aliphatic rings. The Kier molecular flexibility index (Phi) is 8.27. The molecule has 33 heavy (non-hydrogen) atoms. The van der Waals surface area contributed by atoms with Gasteiger partial charge in [-0.25, -0.2) is 0 Å². The van der Waals surface area contributed by atoms with Crippen molar-refractivity contribution in [1.29, 1.82) is 0 Å². The van der Waals surface area contributed by atoms with Crippen molar-refractivity contribution in [3.63, 3.8) is 0 Å². The molecule has 3 rings (SSSR count). The van der Waals surface area contributed by atoms with Crippen LogP contribution in [0.15, 0.2) is 54.6 Å². The van der Waals surface area contributed by atoms with Crippen molar-refractivity contribution in [2.45, 2.75) is 12.5 Å². The highest BCUT2D eigenvalue weighted by atomic mass is 16.5. The maximum atomic E-state index is 10.1. The van der Waals surface area contributed by atoms with Crippen molar-refractivity contribution in [3.8, 4) is 45.6 Å². The minimum Gasteiger partial charge on any atom is -0.493 e. The van der Waals surface area contributed by atoms with E-state index in [0.29, 0.717) is 40.9 Å². The van der Waals surface area contributed by atoms with E-state index >= 15 is 0 Å². The molecule has 1 N–H and O–H groups in total. The summed E-state index contributed by atoms with van der Waals surface area (Å²) in [5.74, 6) is 3.01. The van der Waals surface area contributed by atoms with Crippen LogP contribution in [-0.2, 0) is 6.42 Å². The smallest absolute Gasteiger partial charge is 0.203 e. The zero-order valence-corrected chi connectivity index (χ0v) is 19.6. The molecule has 7 nitrogen and oxygen atoms in total. The van der Waals surface area contributed by atoms with Crippen LogP contribution in [0.3, 0.4) is 0 Å². The Morgan fingerprint density at radius 3 is 1.61 bits per heavy atom. The monoisotopic (exact) mass is 454 g/mol. The van der Waals surface area contributed by atoms with Gasteiger partial charge < -0.3 is 33.5 Å². The van der Waals surface area contributed by atoms with Crippen LogP contribution in [0.25, 0.3) is 11.1 Å². The molecule has 0 heterocycles. The molecule has 0 radical (unpaired) electrons. The van der Waals surface area contributed by atoms with E-state index < -0.39 is 6.10 Å². The van der Waals surface area contributed by atoms with Crippen LogP contribution in [0.5, 0.6) is 34.5 Å². The number of rotatable bonds is 11. The van der Waals surface area contributed by atoms with E-state index in [1.807, 2.05) is 54.6 Å². The molecule has 1 unspecified atom stereocenters. The standard InChI is InChI=1S/C26H30O7/c1-28-21-12-17(13-22(29-2)25(21)32-5)11-20(16-27)33-26-23(30-3)14-19(15-24(26)31-4)18-9-7-6-8-10-18/h6-10,12-15,20,27H,11,16H2,1-5H3. The van der Waals surface area contributed by atoms with E-state index in [1.165, 1.54) is 0 Å². The molecule has 0 spiro atoms. The Labute approximate surface area is 194 Å². The Hall–Kier alpha value is -3.58. The van der Waals surface area contributed by atoms with Gasteiger partial charge in [0.25, 0.3) is 0 Å². The molecule has 7 heteroatoms. The molecular formula is C26H30O7. The van der Waals surface area contributed by atoms with Gasteiger partial charge in [-0.2, -0.15) is 0 Å². The van der Waals surface area contributed by atoms with E-state index in [-0.39, 0.29) is 6.61 Å². The second-order valence-corrected chi connectivity index (χ2v) is 7.24. The maximum Gasteiger partial charge on any atom is 0.203 e. The van der Waals surface area contributed by atoms with Crippen LogP contribution in [0.4, 0.5) is 0 Å². The van der Waals surface area contributed by atoms with E-state index in [4.69, 9.17) is 28.4 Å². The van der Waals surface area contributed by atoms with Crippen molar-refractivity contribution in [2.24, 2.45) is 0 Å². The first-order valence-electron chi connectivity index (χ1n) is 10.5. The highest BCUT2D eigenvalue weighted by molar-refractivity contribution is 5.71. The molecule has 0 saturated heterocycles. The fourth-order valence-corrected chi connectivity index (χ4v) is 3.62. The highest BCUT2D eigenvalue weighted by Crippen LogP contribution is 2.43. The summed E-state index contributed by atoms with van der Waals surface area (Å²) in [4.78, 5) is 0. The number of benzene rings is 3. The fourth-order valence-electron chi connectivity index (χ4n) is 3.62. The third kappa shape index (κ3) is 5.43. The van der Waals surface area contributed by atoms with Crippen LogP contribution in [0.2, 0.25) is 0 Å². The first-order valence-corrected chi connectivity index (χ1v) is 10.5. The second kappa shape index (κ2) is 11.3. The van der Waals surface area contributed by atoms with Crippen LogP contribution >= 0.6 is 0 Å². The predicted octanol–water partition coefficient (Wildman–Crippen LogP) is 4.38. The lowest BCUT2D eigenvalue weighted by Crippen LogP contribution is -2.24. The van der Waals surface area contributed by atoms with Gasteiger partial charge >= 0.3 is 0 Å². The Bertz CT molecular complexity index is 1000. The molecule has 176 valence electrons. The highest BCUT2D eigenvalue weighted by Gasteiger charge is 2.21. The molecular weight excluding hydrogens is 424 g/mol. The molecule has 0 bridgehead atoms. The van der Waals surface area contributed by atoms with E-state index in [0.717, 1.165) is 16.7 Å². The summed E-state index contributed by atoms with van der Waals surface area (Å²) in [6.45, 7) is -0.219. The van der Waals surface area contributed by atoms with Gasteiger partial charge in [-0.15, -0.1) is 0 Å². The van der Waals surface area contributed by atoms with Crippen molar-refractivity contribution in [2.75, 3.05) is 42.2 Å². The number of hydrogen-bond acceptors (Lipinski definition) is 7. The number of hydrogen-bond donors (Lipinski definition) is 1. The van der Waals surface area contributed by atoms with Gasteiger partial charge in [-0.3, -0.25) is 0 Å². The lowest BCUT2D eigenvalue weighted by Gasteiger charge is -2.22. The van der Waals surface area contributed by atoms with Gasteiger partial charge in [0.15, 0.2) is 23.0 Å². The first-order chi connectivity index (χ1) is 16.1. The summed E-state index contributed by atoms with van der Waals surface area (Å²) in [6.07, 6.45) is -0.182. The van der Waals surface area contributed by atoms with E-state index in [2.05, 4.69) is 0 Å². The summed E-state index contributed by atoms with van der Waals surface area (Å²) < 4.78 is 33.7. The topological polar surface area (TPSA) is 75.6 Å². The van der Waals surface area contributed by atoms with Gasteiger partial charge in [0.2, 0.25) is 11.5 Å². The number of aliphatic hydroxyl groups excluding tert-OH is 1. The molecule has 3 aromatic rings. The zero-order chi connectivity index (χ0) is 23.8. The number of ether oxygens (including phenoxy) is 6. The summed E-state index contributed by atoms with van der Waals surface area (Å²) in [5.41, 5.74) is 2.81. The molecule has 3 aromatic carbocycles. The SMILES string of the molecule is COc1cc(CC(CO)Oc2c(OC)cc(-c3ccccc3)cc2OC)cc(OC)c1OC. The fraction of sp³-hybridized carbons (Fsp3) is 0.308. The zero-order valence-electron chi connectivity index (χ0n) is 19.6. The average molecular weight is 455 g/mol. The van der Waals surface area contributed by atoms with E-state index in [9.17, 15) is 5.11 Å². The van der Waals surface area contributed by atoms with Crippen LogP contribution in [0, 0.1) is 0 Å². The largest absolute Gasteiger partial charge is 0.493 e. The van der Waals surface area contributed by atoms with Gasteiger partial charge in [0.05, 0.1) is 42.2 Å². The van der Waals surface area contributed by atoms with Crippen LogP contribution in [-0.4, -0.2) is 53.4 Å². The minimum atomic E-state index is -0.571. The molecule has 0 aliphatic carbocycles. The van der Waals surface area contributed by atoms with Gasteiger partial charge in [0.1, 0.15) is 6.10 Å². The summed E-state index contributed by atoms with van der Waals surface area (Å²) in [5, 5.41) is 10.1. The third-order valence-corrected chi connectivity index (χ3v) is 5.24. The number of aliphatic hydroxyl groups is 1. The summed E-state index contributed by atoms with van der Waals surface area (Å²) in [6, 6.07) is 17.4. The van der Waals surface area contributed by atoms with Crippen molar-refractivity contribution >= 4 is 0 Å². The normalized spacial score (nSPS) is 11.5. The van der Waals surface area contributed by atoms with Gasteiger partial charge in [-0.05, 0) is 41.0 Å². The van der Waals surface area contributed by atoms with Gasteiger partial charge in [-0.1, -0.05) is 30.3 Å². The van der Waals surface area contributed by atoms with Crippen molar-refractivity contribution in [1.82, 2.24) is 0 Å². The molecule has 1 atom stereocenters. The maximum absolute atomic E-state index is 10.1.